The number of piperidine rings is 1. The standard InChI is InChI=1S/C31H32FN7O4/c1-42-26-6-2-5-23(32)29(26)30-33-10-9-27(37-30)36-28-16-25(39-11-3-4-21(40)19-39)22(18-35-28)20-7-8-24(34-17-20)31(41)38-12-14-43-15-13-38/h2,5-10,16-18,21,40H,3-4,11-15,19H2,1H3,(H,33,35,36,37)/t21-/m0/s1. The van der Waals surface area contributed by atoms with Gasteiger partial charge in [-0.15, -0.1) is 0 Å². The van der Waals surface area contributed by atoms with E-state index in [1.165, 1.54) is 19.4 Å². The lowest BCUT2D eigenvalue weighted by Gasteiger charge is -2.33. The number of amides is 1. The zero-order valence-electron chi connectivity index (χ0n) is 23.7. The Morgan fingerprint density at radius 1 is 1.07 bits per heavy atom. The normalized spacial score (nSPS) is 17.0. The fourth-order valence-corrected chi connectivity index (χ4v) is 5.35. The summed E-state index contributed by atoms with van der Waals surface area (Å²) in [6, 6.07) is 11.7. The maximum absolute atomic E-state index is 14.7. The molecule has 0 aliphatic carbocycles. The van der Waals surface area contributed by atoms with E-state index in [4.69, 9.17) is 9.47 Å². The second-order valence-electron chi connectivity index (χ2n) is 10.4. The van der Waals surface area contributed by atoms with Gasteiger partial charge in [-0.3, -0.25) is 9.78 Å². The second-order valence-corrected chi connectivity index (χ2v) is 10.4. The van der Waals surface area contributed by atoms with Crippen LogP contribution in [0.2, 0.25) is 0 Å². The molecule has 2 saturated heterocycles. The number of pyridine rings is 2. The fraction of sp³-hybridized carbons (Fsp3) is 0.323. The van der Waals surface area contributed by atoms with Crippen molar-refractivity contribution >= 4 is 23.2 Å². The van der Waals surface area contributed by atoms with E-state index in [-0.39, 0.29) is 17.3 Å². The largest absolute Gasteiger partial charge is 0.496 e. The number of methoxy groups -OCH3 is 1. The lowest BCUT2D eigenvalue weighted by Crippen LogP contribution is -2.41. The molecular weight excluding hydrogens is 553 g/mol. The average Bonchev–Trinajstić information content (AvgIpc) is 3.05. The molecule has 2 aliphatic heterocycles. The summed E-state index contributed by atoms with van der Waals surface area (Å²) >= 11 is 0. The zero-order valence-corrected chi connectivity index (χ0v) is 23.7. The Balaban J connectivity index is 1.30. The number of nitrogens with one attached hydrogen (secondary N) is 1. The summed E-state index contributed by atoms with van der Waals surface area (Å²) in [5.74, 6) is 0.828. The Hall–Kier alpha value is -4.68. The van der Waals surface area contributed by atoms with Crippen molar-refractivity contribution in [2.45, 2.75) is 18.9 Å². The molecule has 2 aliphatic rings. The van der Waals surface area contributed by atoms with Gasteiger partial charge in [0.15, 0.2) is 5.82 Å². The van der Waals surface area contributed by atoms with Crippen LogP contribution in [0.1, 0.15) is 23.3 Å². The molecule has 0 radical (unpaired) electrons. The number of β-amino-alcohol motifs (C(OH)–C–C–N with tert-alkyl or cyclic N) is 1. The van der Waals surface area contributed by atoms with Gasteiger partial charge in [-0.2, -0.15) is 0 Å². The van der Waals surface area contributed by atoms with Crippen LogP contribution in [0.3, 0.4) is 0 Å². The van der Waals surface area contributed by atoms with Gasteiger partial charge in [0, 0.05) is 67.7 Å². The summed E-state index contributed by atoms with van der Waals surface area (Å²) in [5, 5.41) is 13.6. The van der Waals surface area contributed by atoms with Crippen LogP contribution in [-0.4, -0.2) is 88.5 Å². The predicted molar refractivity (Wildman–Crippen MR) is 159 cm³/mol. The molecule has 12 heteroatoms. The van der Waals surface area contributed by atoms with Crippen LogP contribution in [0.5, 0.6) is 5.75 Å². The summed E-state index contributed by atoms with van der Waals surface area (Å²) in [7, 11) is 1.47. The van der Waals surface area contributed by atoms with E-state index in [9.17, 15) is 14.3 Å². The van der Waals surface area contributed by atoms with Gasteiger partial charge < -0.3 is 29.7 Å². The maximum atomic E-state index is 14.7. The number of hydrogen-bond donors (Lipinski definition) is 2. The molecule has 2 N–H and O–H groups in total. The molecule has 0 spiro atoms. The van der Waals surface area contributed by atoms with Crippen molar-refractivity contribution in [2.75, 3.05) is 56.7 Å². The monoisotopic (exact) mass is 585 g/mol. The van der Waals surface area contributed by atoms with E-state index in [1.807, 2.05) is 12.1 Å². The molecular formula is C31H32FN7O4. The summed E-state index contributed by atoms with van der Waals surface area (Å²) in [6.45, 7) is 3.37. The van der Waals surface area contributed by atoms with E-state index in [0.29, 0.717) is 55.9 Å². The van der Waals surface area contributed by atoms with Crippen LogP contribution in [0.25, 0.3) is 22.5 Å². The van der Waals surface area contributed by atoms with Crippen molar-refractivity contribution in [3.05, 3.63) is 72.6 Å². The number of aliphatic hydroxyl groups is 1. The summed E-state index contributed by atoms with van der Waals surface area (Å²) in [5.41, 5.74) is 3.01. The SMILES string of the molecule is COc1cccc(F)c1-c1nccc(Nc2cc(N3CCC[C@H](O)C3)c(-c3ccc(C(=O)N4CCOCC4)nc3)cn2)n1. The Morgan fingerprint density at radius 3 is 2.70 bits per heavy atom. The van der Waals surface area contributed by atoms with E-state index in [1.54, 1.807) is 41.6 Å². The van der Waals surface area contributed by atoms with Crippen molar-refractivity contribution in [2.24, 2.45) is 0 Å². The molecule has 0 bridgehead atoms. The molecule has 0 saturated carbocycles. The molecule has 1 atom stereocenters. The van der Waals surface area contributed by atoms with Crippen molar-refractivity contribution in [3.63, 3.8) is 0 Å². The number of nitrogens with zero attached hydrogens (tertiary/aromatic N) is 6. The minimum atomic E-state index is -0.490. The quantitative estimate of drug-likeness (QED) is 0.330. The number of ether oxygens (including phenoxy) is 2. The van der Waals surface area contributed by atoms with Crippen LogP contribution in [0.15, 0.2) is 61.1 Å². The van der Waals surface area contributed by atoms with Gasteiger partial charge in [0.25, 0.3) is 5.91 Å². The third-order valence-corrected chi connectivity index (χ3v) is 7.54. The van der Waals surface area contributed by atoms with Gasteiger partial charge in [-0.25, -0.2) is 19.3 Å². The molecule has 3 aromatic heterocycles. The van der Waals surface area contributed by atoms with Gasteiger partial charge in [0.2, 0.25) is 0 Å². The molecule has 2 fully saturated rings. The molecule has 222 valence electrons. The first kappa shape index (κ1) is 28.4. The summed E-state index contributed by atoms with van der Waals surface area (Å²) in [6.07, 6.45) is 6.10. The van der Waals surface area contributed by atoms with Gasteiger partial charge >= 0.3 is 0 Å². The van der Waals surface area contributed by atoms with Crippen molar-refractivity contribution < 1.29 is 23.8 Å². The molecule has 0 unspecified atom stereocenters. The maximum Gasteiger partial charge on any atom is 0.272 e. The van der Waals surface area contributed by atoms with Crippen LogP contribution in [0, 0.1) is 5.82 Å². The van der Waals surface area contributed by atoms with Crippen molar-refractivity contribution in [1.82, 2.24) is 24.8 Å². The Labute approximate surface area is 248 Å². The number of rotatable bonds is 7. The summed E-state index contributed by atoms with van der Waals surface area (Å²) in [4.78, 5) is 34.7. The number of carbonyl (C=O) groups excluding carboxylic acids is 1. The number of aromatic nitrogens is 4. The first-order valence-corrected chi connectivity index (χ1v) is 14.2. The van der Waals surface area contributed by atoms with Crippen molar-refractivity contribution in [1.29, 1.82) is 0 Å². The highest BCUT2D eigenvalue weighted by Gasteiger charge is 2.23. The number of carbonyl (C=O) groups is 1. The number of halogens is 1. The van der Waals surface area contributed by atoms with Gasteiger partial charge in [-0.1, -0.05) is 12.1 Å². The van der Waals surface area contributed by atoms with E-state index < -0.39 is 11.9 Å². The molecule has 6 rings (SSSR count). The minimum absolute atomic E-state index is 0.121. The molecule has 1 aromatic carbocycles. The molecule has 5 heterocycles. The van der Waals surface area contributed by atoms with Crippen LogP contribution in [0.4, 0.5) is 21.7 Å². The Kier molecular flexibility index (Phi) is 8.38. The Morgan fingerprint density at radius 2 is 1.93 bits per heavy atom. The van der Waals surface area contributed by atoms with Gasteiger partial charge in [-0.05, 0) is 37.1 Å². The van der Waals surface area contributed by atoms with E-state index in [2.05, 4.69) is 30.2 Å². The number of morpholine rings is 1. The smallest absolute Gasteiger partial charge is 0.272 e. The highest BCUT2D eigenvalue weighted by molar-refractivity contribution is 5.93. The first-order valence-electron chi connectivity index (χ1n) is 14.2. The predicted octanol–water partition coefficient (Wildman–Crippen LogP) is 3.93. The number of benzene rings is 1. The molecule has 1 amide bonds. The third-order valence-electron chi connectivity index (χ3n) is 7.54. The van der Waals surface area contributed by atoms with Gasteiger partial charge in [0.05, 0.1) is 32.0 Å². The number of aliphatic hydroxyl groups excluding tert-OH is 1. The highest BCUT2D eigenvalue weighted by Crippen LogP contribution is 2.35. The third kappa shape index (κ3) is 6.25. The first-order chi connectivity index (χ1) is 21.0. The molecule has 11 nitrogen and oxygen atoms in total. The number of anilines is 3. The van der Waals surface area contributed by atoms with E-state index >= 15 is 0 Å². The van der Waals surface area contributed by atoms with Crippen LogP contribution >= 0.6 is 0 Å². The lowest BCUT2D eigenvalue weighted by molar-refractivity contribution is 0.0299. The van der Waals surface area contributed by atoms with Crippen LogP contribution < -0.4 is 15.0 Å². The van der Waals surface area contributed by atoms with Crippen LogP contribution in [-0.2, 0) is 4.74 Å². The lowest BCUT2D eigenvalue weighted by atomic mass is 10.0. The highest BCUT2D eigenvalue weighted by atomic mass is 19.1. The second kappa shape index (κ2) is 12.7. The van der Waals surface area contributed by atoms with E-state index in [0.717, 1.165) is 36.2 Å². The average molecular weight is 586 g/mol. The minimum Gasteiger partial charge on any atom is -0.496 e. The zero-order chi connectivity index (χ0) is 29.8. The fourth-order valence-electron chi connectivity index (χ4n) is 5.35. The van der Waals surface area contributed by atoms with Crippen molar-refractivity contribution in [3.8, 4) is 28.3 Å². The summed E-state index contributed by atoms with van der Waals surface area (Å²) < 4.78 is 25.4. The number of hydrogen-bond acceptors (Lipinski definition) is 10. The Bertz CT molecular complexity index is 1600. The van der Waals surface area contributed by atoms with Gasteiger partial charge in [0.1, 0.15) is 28.9 Å². The molecule has 4 aromatic rings. The molecule has 43 heavy (non-hydrogen) atoms. The topological polar surface area (TPSA) is 126 Å².